The van der Waals surface area contributed by atoms with Crippen molar-refractivity contribution in [1.82, 2.24) is 5.32 Å². The van der Waals surface area contributed by atoms with Crippen LogP contribution in [0.2, 0.25) is 0 Å². The van der Waals surface area contributed by atoms with Gasteiger partial charge in [0.05, 0.1) is 0 Å². The molecule has 0 aromatic carbocycles. The first-order valence-electron chi connectivity index (χ1n) is 5.95. The molecular weight excluding hydrogens is 158 g/mol. The zero-order valence-corrected chi connectivity index (χ0v) is 8.84. The van der Waals surface area contributed by atoms with Gasteiger partial charge in [0.2, 0.25) is 0 Å². The van der Waals surface area contributed by atoms with Gasteiger partial charge in [-0.25, -0.2) is 0 Å². The molecule has 0 aliphatic heterocycles. The van der Waals surface area contributed by atoms with Crippen molar-refractivity contribution in [3.05, 3.63) is 0 Å². The average molecular weight is 179 g/mol. The fraction of sp³-hybridized carbons (Fsp3) is 1.00. The van der Waals surface area contributed by atoms with Gasteiger partial charge in [0.25, 0.3) is 0 Å². The molecule has 1 nitrogen and oxygen atoms in total. The second-order valence-corrected chi connectivity index (χ2v) is 5.59. The third-order valence-corrected chi connectivity index (χ3v) is 5.44. The lowest BCUT2D eigenvalue weighted by Crippen LogP contribution is -2.49. The minimum atomic E-state index is 0.716. The summed E-state index contributed by atoms with van der Waals surface area (Å²) in [6, 6.07) is 0.753. The molecule has 3 unspecified atom stereocenters. The van der Waals surface area contributed by atoms with Gasteiger partial charge in [0.15, 0.2) is 0 Å². The Bertz CT molecular complexity index is 211. The highest BCUT2D eigenvalue weighted by atomic mass is 14.9. The maximum atomic E-state index is 3.51. The van der Waals surface area contributed by atoms with Crippen molar-refractivity contribution in [3.8, 4) is 0 Å². The van der Waals surface area contributed by atoms with Crippen LogP contribution in [-0.4, -0.2) is 13.1 Å². The summed E-state index contributed by atoms with van der Waals surface area (Å²) in [7, 11) is 2.14. The summed E-state index contributed by atoms with van der Waals surface area (Å²) in [4.78, 5) is 0. The van der Waals surface area contributed by atoms with Gasteiger partial charge in [0.1, 0.15) is 0 Å². The van der Waals surface area contributed by atoms with E-state index in [2.05, 4.69) is 19.3 Å². The molecule has 13 heavy (non-hydrogen) atoms. The largest absolute Gasteiger partial charge is 0.317 e. The first-order valence-corrected chi connectivity index (χ1v) is 5.95. The standard InChI is InChI=1S/C12H21N/c1-8(13-2)12-5-3-9(4-6-12)10-7-11(10)12/h8-11,13H,3-7H2,1-2H3. The first kappa shape index (κ1) is 8.28. The fourth-order valence-electron chi connectivity index (χ4n) is 4.41. The molecule has 0 aromatic rings. The third-order valence-electron chi connectivity index (χ3n) is 5.44. The summed E-state index contributed by atoms with van der Waals surface area (Å²) < 4.78 is 0. The van der Waals surface area contributed by atoms with E-state index >= 15 is 0 Å². The molecule has 74 valence electrons. The molecule has 4 saturated carbocycles. The predicted octanol–water partition coefficient (Wildman–Crippen LogP) is 2.42. The van der Waals surface area contributed by atoms with Gasteiger partial charge in [0, 0.05) is 6.04 Å². The number of nitrogens with one attached hydrogen (secondary N) is 1. The molecular formula is C12H21N. The highest BCUT2D eigenvalue weighted by molar-refractivity contribution is 5.13. The van der Waals surface area contributed by atoms with Crippen LogP contribution in [0.25, 0.3) is 0 Å². The summed E-state index contributed by atoms with van der Waals surface area (Å²) in [5.41, 5.74) is 0.716. The molecule has 4 fully saturated rings. The molecule has 1 heteroatoms. The van der Waals surface area contributed by atoms with E-state index in [1.165, 1.54) is 25.7 Å². The molecule has 1 N–H and O–H groups in total. The van der Waals surface area contributed by atoms with E-state index in [-0.39, 0.29) is 0 Å². The summed E-state index contributed by atoms with van der Waals surface area (Å²) in [5.74, 6) is 3.40. The van der Waals surface area contributed by atoms with Gasteiger partial charge in [-0.05, 0) is 69.2 Å². The maximum absolute atomic E-state index is 3.51. The normalized spacial score (nSPS) is 54.5. The number of rotatable bonds is 2. The van der Waals surface area contributed by atoms with Crippen molar-refractivity contribution in [2.75, 3.05) is 7.05 Å². The molecule has 0 radical (unpaired) electrons. The zero-order chi connectivity index (χ0) is 9.05. The quantitative estimate of drug-likeness (QED) is 0.686. The van der Waals surface area contributed by atoms with Crippen molar-refractivity contribution < 1.29 is 0 Å². The molecule has 4 aliphatic rings. The van der Waals surface area contributed by atoms with E-state index in [1.54, 1.807) is 6.42 Å². The van der Waals surface area contributed by atoms with Crippen LogP contribution in [-0.2, 0) is 0 Å². The molecule has 2 bridgehead atoms. The Labute approximate surface area is 81.3 Å². The lowest BCUT2D eigenvalue weighted by Gasteiger charge is -2.49. The highest BCUT2D eigenvalue weighted by Gasteiger charge is 2.62. The second-order valence-electron chi connectivity index (χ2n) is 5.59. The summed E-state index contributed by atoms with van der Waals surface area (Å²) in [5, 5.41) is 3.51. The van der Waals surface area contributed by atoms with Crippen LogP contribution in [0.1, 0.15) is 39.0 Å². The molecule has 0 spiro atoms. The molecule has 0 heterocycles. The number of fused-ring (bicyclic) bond motifs is 2. The lowest BCUT2D eigenvalue weighted by atomic mass is 9.58. The van der Waals surface area contributed by atoms with Crippen LogP contribution in [0.4, 0.5) is 0 Å². The van der Waals surface area contributed by atoms with Gasteiger partial charge >= 0.3 is 0 Å². The van der Waals surface area contributed by atoms with Crippen LogP contribution >= 0.6 is 0 Å². The lowest BCUT2D eigenvalue weighted by molar-refractivity contribution is 0.0217. The van der Waals surface area contributed by atoms with E-state index in [0.717, 1.165) is 23.8 Å². The smallest absolute Gasteiger partial charge is 0.00949 e. The Morgan fingerprint density at radius 2 is 2.00 bits per heavy atom. The van der Waals surface area contributed by atoms with E-state index in [0.29, 0.717) is 5.41 Å². The summed E-state index contributed by atoms with van der Waals surface area (Å²) in [6.45, 7) is 2.40. The topological polar surface area (TPSA) is 12.0 Å². The van der Waals surface area contributed by atoms with Crippen LogP contribution in [0.3, 0.4) is 0 Å². The molecule has 3 atom stereocenters. The zero-order valence-electron chi connectivity index (χ0n) is 8.84. The van der Waals surface area contributed by atoms with Gasteiger partial charge in [-0.3, -0.25) is 0 Å². The van der Waals surface area contributed by atoms with Gasteiger partial charge in [-0.15, -0.1) is 0 Å². The molecule has 0 aromatic heterocycles. The number of hydrogen-bond acceptors (Lipinski definition) is 1. The Kier molecular flexibility index (Phi) is 1.59. The average Bonchev–Trinajstić information content (AvgIpc) is 2.99. The molecule has 0 saturated heterocycles. The van der Waals surface area contributed by atoms with Crippen LogP contribution in [0.15, 0.2) is 0 Å². The minimum absolute atomic E-state index is 0.716. The Morgan fingerprint density at radius 1 is 1.31 bits per heavy atom. The van der Waals surface area contributed by atoms with Crippen molar-refractivity contribution in [2.24, 2.45) is 23.2 Å². The summed E-state index contributed by atoms with van der Waals surface area (Å²) in [6.07, 6.45) is 7.67. The van der Waals surface area contributed by atoms with E-state index in [9.17, 15) is 0 Å². The first-order chi connectivity index (χ1) is 6.28. The van der Waals surface area contributed by atoms with Gasteiger partial charge < -0.3 is 5.32 Å². The van der Waals surface area contributed by atoms with Crippen molar-refractivity contribution in [1.29, 1.82) is 0 Å². The van der Waals surface area contributed by atoms with Crippen molar-refractivity contribution >= 4 is 0 Å². The van der Waals surface area contributed by atoms with Gasteiger partial charge in [-0.1, -0.05) is 0 Å². The van der Waals surface area contributed by atoms with Gasteiger partial charge in [-0.2, -0.15) is 0 Å². The van der Waals surface area contributed by atoms with E-state index in [4.69, 9.17) is 0 Å². The third kappa shape index (κ3) is 0.918. The molecule has 4 aliphatic carbocycles. The number of hydrogen-bond donors (Lipinski definition) is 1. The minimum Gasteiger partial charge on any atom is -0.317 e. The van der Waals surface area contributed by atoms with Crippen LogP contribution < -0.4 is 5.32 Å². The predicted molar refractivity (Wildman–Crippen MR) is 54.5 cm³/mol. The van der Waals surface area contributed by atoms with Crippen LogP contribution in [0.5, 0.6) is 0 Å². The van der Waals surface area contributed by atoms with Crippen molar-refractivity contribution in [2.45, 2.75) is 45.1 Å². The maximum Gasteiger partial charge on any atom is 0.00949 e. The van der Waals surface area contributed by atoms with Crippen LogP contribution in [0, 0.1) is 23.2 Å². The Hall–Kier alpha value is -0.0400. The monoisotopic (exact) mass is 179 g/mol. The van der Waals surface area contributed by atoms with Crippen molar-refractivity contribution in [3.63, 3.8) is 0 Å². The highest BCUT2D eigenvalue weighted by Crippen LogP contribution is 2.69. The SMILES string of the molecule is CNC(C)C12CCC(CC1)C1CC12. The van der Waals surface area contributed by atoms with E-state index in [1.807, 2.05) is 0 Å². The Balaban J connectivity index is 1.88. The summed E-state index contributed by atoms with van der Waals surface area (Å²) >= 11 is 0. The molecule has 4 rings (SSSR count). The van der Waals surface area contributed by atoms with E-state index < -0.39 is 0 Å². The fourth-order valence-corrected chi connectivity index (χ4v) is 4.41. The molecule has 0 amide bonds. The second kappa shape index (κ2) is 2.50. The Morgan fingerprint density at radius 3 is 2.62 bits per heavy atom.